The maximum Gasteiger partial charge on any atom is 0.426 e. The summed E-state index contributed by atoms with van der Waals surface area (Å²) in [5, 5.41) is 11.0. The molecule has 1 aliphatic heterocycles. The second kappa shape index (κ2) is 7.19. The number of alkyl halides is 3. The zero-order chi connectivity index (χ0) is 21.6. The summed E-state index contributed by atoms with van der Waals surface area (Å²) in [6, 6.07) is 10.2. The highest BCUT2D eigenvalue weighted by atomic mass is 35.5. The van der Waals surface area contributed by atoms with E-state index in [1.165, 1.54) is 4.31 Å². The Balaban J connectivity index is 1.88. The Morgan fingerprint density at radius 3 is 2.48 bits per heavy atom. The standard InChI is InChI=1S/C18H16ClF3N2O4S/c1-17(26,18(20,21)22)16(25)23-14-7-6-12(10-13(14)19)29(27,28)24-9-8-11-4-2-3-5-15(11)24/h2-7,10,26H,8-9H2,1H3,(H,23,25)/t17-/m1/s1. The van der Waals surface area contributed by atoms with Crippen LogP contribution in [0.15, 0.2) is 47.4 Å². The zero-order valence-electron chi connectivity index (χ0n) is 15.0. The number of carbonyl (C=O) groups is 1. The summed E-state index contributed by atoms with van der Waals surface area (Å²) in [4.78, 5) is 11.6. The van der Waals surface area contributed by atoms with Crippen LogP contribution >= 0.6 is 11.6 Å². The van der Waals surface area contributed by atoms with Crippen molar-refractivity contribution in [2.75, 3.05) is 16.2 Å². The number of benzene rings is 2. The molecule has 2 aromatic carbocycles. The van der Waals surface area contributed by atoms with Crippen LogP contribution in [-0.4, -0.2) is 37.8 Å². The molecule has 0 unspecified atom stereocenters. The van der Waals surface area contributed by atoms with Gasteiger partial charge in [-0.05, 0) is 43.2 Å². The van der Waals surface area contributed by atoms with Crippen molar-refractivity contribution in [3.8, 4) is 0 Å². The third-order valence-electron chi connectivity index (χ3n) is 4.62. The van der Waals surface area contributed by atoms with E-state index in [1.807, 2.05) is 11.4 Å². The molecule has 2 aromatic rings. The van der Waals surface area contributed by atoms with E-state index in [-0.39, 0.29) is 22.2 Å². The van der Waals surface area contributed by atoms with Gasteiger partial charge in [-0.25, -0.2) is 8.42 Å². The number of nitrogens with zero attached hydrogens (tertiary/aromatic N) is 1. The van der Waals surface area contributed by atoms with Crippen LogP contribution in [0.4, 0.5) is 24.5 Å². The van der Waals surface area contributed by atoms with Crippen molar-refractivity contribution in [1.29, 1.82) is 0 Å². The minimum absolute atomic E-state index is 0.181. The van der Waals surface area contributed by atoms with Crippen molar-refractivity contribution in [3.05, 3.63) is 53.1 Å². The van der Waals surface area contributed by atoms with E-state index in [2.05, 4.69) is 0 Å². The van der Waals surface area contributed by atoms with E-state index in [9.17, 15) is 31.5 Å². The number of hydrogen-bond acceptors (Lipinski definition) is 4. The van der Waals surface area contributed by atoms with Crippen LogP contribution in [0.25, 0.3) is 0 Å². The van der Waals surface area contributed by atoms with E-state index < -0.39 is 27.7 Å². The van der Waals surface area contributed by atoms with Crippen LogP contribution in [0, 0.1) is 0 Å². The monoisotopic (exact) mass is 448 g/mol. The van der Waals surface area contributed by atoms with Crippen LogP contribution in [0.5, 0.6) is 0 Å². The van der Waals surface area contributed by atoms with Crippen LogP contribution < -0.4 is 9.62 Å². The molecule has 156 valence electrons. The van der Waals surface area contributed by atoms with Crippen LogP contribution in [0.3, 0.4) is 0 Å². The molecule has 11 heteroatoms. The van der Waals surface area contributed by atoms with Crippen molar-refractivity contribution in [1.82, 2.24) is 0 Å². The number of carbonyl (C=O) groups excluding carboxylic acids is 1. The van der Waals surface area contributed by atoms with Gasteiger partial charge in [0.2, 0.25) is 5.60 Å². The van der Waals surface area contributed by atoms with Crippen LogP contribution in [0.2, 0.25) is 5.02 Å². The van der Waals surface area contributed by atoms with Crippen molar-refractivity contribution >= 4 is 38.9 Å². The summed E-state index contributed by atoms with van der Waals surface area (Å²) in [6.45, 7) is 0.548. The van der Waals surface area contributed by atoms with Crippen molar-refractivity contribution in [2.45, 2.75) is 30.0 Å². The average molecular weight is 449 g/mol. The molecular weight excluding hydrogens is 433 g/mol. The van der Waals surface area contributed by atoms with E-state index in [0.29, 0.717) is 19.0 Å². The number of rotatable bonds is 4. The Bertz CT molecular complexity index is 1070. The number of sulfonamides is 1. The summed E-state index contributed by atoms with van der Waals surface area (Å²) < 4.78 is 65.5. The highest BCUT2D eigenvalue weighted by Gasteiger charge is 2.55. The molecule has 0 saturated carbocycles. The topological polar surface area (TPSA) is 86.7 Å². The predicted molar refractivity (Wildman–Crippen MR) is 101 cm³/mol. The fourth-order valence-electron chi connectivity index (χ4n) is 2.82. The molecule has 0 aromatic heterocycles. The third kappa shape index (κ3) is 3.79. The summed E-state index contributed by atoms with van der Waals surface area (Å²) in [5.41, 5.74) is -2.48. The normalized spacial score (nSPS) is 16.3. The van der Waals surface area contributed by atoms with E-state index >= 15 is 0 Å². The molecule has 1 amide bonds. The SMILES string of the molecule is C[C@@](O)(C(=O)Nc1ccc(S(=O)(=O)N2CCc3ccccc32)cc1Cl)C(F)(F)F. The van der Waals surface area contributed by atoms with Crippen molar-refractivity contribution < 1.29 is 31.5 Å². The molecule has 1 heterocycles. The Morgan fingerprint density at radius 1 is 1.21 bits per heavy atom. The lowest BCUT2D eigenvalue weighted by Gasteiger charge is -2.25. The van der Waals surface area contributed by atoms with Crippen molar-refractivity contribution in [2.24, 2.45) is 0 Å². The van der Waals surface area contributed by atoms with Crippen LogP contribution in [-0.2, 0) is 21.2 Å². The van der Waals surface area contributed by atoms with E-state index in [1.54, 1.807) is 18.2 Å². The smallest absolute Gasteiger partial charge is 0.373 e. The lowest BCUT2D eigenvalue weighted by molar-refractivity contribution is -0.242. The first kappa shape index (κ1) is 21.4. The first-order valence-corrected chi connectivity index (χ1v) is 10.2. The van der Waals surface area contributed by atoms with Gasteiger partial charge in [-0.3, -0.25) is 9.10 Å². The largest absolute Gasteiger partial charge is 0.426 e. The Labute approximate surface area is 169 Å². The number of hydrogen-bond donors (Lipinski definition) is 2. The Hall–Kier alpha value is -2.30. The van der Waals surface area contributed by atoms with Gasteiger partial charge in [0.1, 0.15) is 0 Å². The molecule has 0 bridgehead atoms. The number of aliphatic hydroxyl groups is 1. The third-order valence-corrected chi connectivity index (χ3v) is 6.74. The molecular formula is C18H16ClF3N2O4S. The molecule has 1 aliphatic rings. The summed E-state index contributed by atoms with van der Waals surface area (Å²) >= 11 is 5.99. The van der Waals surface area contributed by atoms with Gasteiger partial charge in [0, 0.05) is 6.54 Å². The maximum atomic E-state index is 13.0. The maximum absolute atomic E-state index is 13.0. The summed E-state index contributed by atoms with van der Waals surface area (Å²) in [6.07, 6.45) is -4.65. The predicted octanol–water partition coefficient (Wildman–Crippen LogP) is 3.34. The van der Waals surface area contributed by atoms with E-state index in [4.69, 9.17) is 11.6 Å². The minimum Gasteiger partial charge on any atom is -0.373 e. The van der Waals surface area contributed by atoms with Gasteiger partial charge >= 0.3 is 6.18 Å². The Morgan fingerprint density at radius 2 is 1.86 bits per heavy atom. The Kier molecular flexibility index (Phi) is 5.31. The number of fused-ring (bicyclic) bond motifs is 1. The number of anilines is 2. The van der Waals surface area contributed by atoms with Gasteiger partial charge in [-0.2, -0.15) is 13.2 Å². The molecule has 0 aliphatic carbocycles. The molecule has 1 atom stereocenters. The van der Waals surface area contributed by atoms with Crippen LogP contribution in [0.1, 0.15) is 12.5 Å². The fraction of sp³-hybridized carbons (Fsp3) is 0.278. The lowest BCUT2D eigenvalue weighted by Crippen LogP contribution is -2.52. The van der Waals surface area contributed by atoms with Gasteiger partial charge in [0.15, 0.2) is 0 Å². The highest BCUT2D eigenvalue weighted by molar-refractivity contribution is 7.92. The average Bonchev–Trinajstić information content (AvgIpc) is 3.07. The van der Waals surface area contributed by atoms with Gasteiger partial charge in [0.05, 0.1) is 21.3 Å². The number of amides is 1. The molecule has 0 saturated heterocycles. The second-order valence-electron chi connectivity index (χ2n) is 6.62. The summed E-state index contributed by atoms with van der Waals surface area (Å²) in [5.74, 6) is -1.74. The molecule has 0 spiro atoms. The minimum atomic E-state index is -5.20. The zero-order valence-corrected chi connectivity index (χ0v) is 16.6. The molecule has 0 radical (unpaired) electrons. The lowest BCUT2D eigenvalue weighted by atomic mass is 10.1. The molecule has 29 heavy (non-hydrogen) atoms. The molecule has 2 N–H and O–H groups in total. The quantitative estimate of drug-likeness (QED) is 0.751. The molecule has 6 nitrogen and oxygen atoms in total. The highest BCUT2D eigenvalue weighted by Crippen LogP contribution is 2.35. The van der Waals surface area contributed by atoms with Gasteiger partial charge in [0.25, 0.3) is 15.9 Å². The second-order valence-corrected chi connectivity index (χ2v) is 8.89. The molecule has 0 fully saturated rings. The first-order valence-electron chi connectivity index (χ1n) is 8.36. The first-order chi connectivity index (χ1) is 13.4. The van der Waals surface area contributed by atoms with Crippen molar-refractivity contribution in [3.63, 3.8) is 0 Å². The fourth-order valence-corrected chi connectivity index (χ4v) is 4.64. The molecule has 3 rings (SSSR count). The summed E-state index contributed by atoms with van der Waals surface area (Å²) in [7, 11) is -3.96. The van der Waals surface area contributed by atoms with Gasteiger partial charge in [-0.15, -0.1) is 0 Å². The number of nitrogens with one attached hydrogen (secondary N) is 1. The number of para-hydroxylation sites is 1. The van der Waals surface area contributed by atoms with E-state index in [0.717, 1.165) is 23.8 Å². The van der Waals surface area contributed by atoms with Gasteiger partial charge < -0.3 is 10.4 Å². The number of halogens is 4. The van der Waals surface area contributed by atoms with Gasteiger partial charge in [-0.1, -0.05) is 29.8 Å².